The zero-order valence-corrected chi connectivity index (χ0v) is 12.0. The third-order valence-corrected chi connectivity index (χ3v) is 3.66. The average molecular weight is 251 g/mol. The van der Waals surface area contributed by atoms with Crippen molar-refractivity contribution in [3.63, 3.8) is 0 Å². The Kier molecular flexibility index (Phi) is 4.07. The van der Waals surface area contributed by atoms with Gasteiger partial charge >= 0.3 is 0 Å². The Balaban J connectivity index is 1.89. The molecule has 18 heavy (non-hydrogen) atoms. The SMILES string of the molecule is CCc1cc(CNC2CCOC(C)(C)C2)n(C)n1. The van der Waals surface area contributed by atoms with Crippen LogP contribution in [0.1, 0.15) is 45.0 Å². The zero-order valence-electron chi connectivity index (χ0n) is 12.0. The molecule has 0 aliphatic carbocycles. The van der Waals surface area contributed by atoms with Crippen molar-refractivity contribution in [2.45, 2.75) is 58.2 Å². The van der Waals surface area contributed by atoms with Crippen molar-refractivity contribution in [3.8, 4) is 0 Å². The fraction of sp³-hybridized carbons (Fsp3) is 0.786. The number of hydrogen-bond acceptors (Lipinski definition) is 3. The van der Waals surface area contributed by atoms with Crippen LogP contribution >= 0.6 is 0 Å². The van der Waals surface area contributed by atoms with Gasteiger partial charge in [-0.3, -0.25) is 4.68 Å². The van der Waals surface area contributed by atoms with Crippen LogP contribution in [0.3, 0.4) is 0 Å². The predicted octanol–water partition coefficient (Wildman–Crippen LogP) is 2.03. The molecule has 0 bridgehead atoms. The lowest BCUT2D eigenvalue weighted by atomic mass is 9.94. The highest BCUT2D eigenvalue weighted by atomic mass is 16.5. The van der Waals surface area contributed by atoms with Crippen molar-refractivity contribution in [3.05, 3.63) is 17.5 Å². The maximum absolute atomic E-state index is 5.74. The van der Waals surface area contributed by atoms with Crippen LogP contribution < -0.4 is 5.32 Å². The molecule has 4 heteroatoms. The van der Waals surface area contributed by atoms with Crippen molar-refractivity contribution in [1.82, 2.24) is 15.1 Å². The fourth-order valence-corrected chi connectivity index (χ4v) is 2.56. The van der Waals surface area contributed by atoms with Crippen LogP contribution in [0, 0.1) is 0 Å². The Hall–Kier alpha value is -0.870. The molecule has 2 heterocycles. The van der Waals surface area contributed by atoms with Crippen LogP contribution in [-0.2, 0) is 24.8 Å². The normalized spacial score (nSPS) is 23.2. The summed E-state index contributed by atoms with van der Waals surface area (Å²) < 4.78 is 7.72. The molecular weight excluding hydrogens is 226 g/mol. The Morgan fingerprint density at radius 3 is 2.94 bits per heavy atom. The molecule has 1 atom stereocenters. The summed E-state index contributed by atoms with van der Waals surface area (Å²) in [5.41, 5.74) is 2.44. The largest absolute Gasteiger partial charge is 0.375 e. The van der Waals surface area contributed by atoms with Crippen LogP contribution in [-0.4, -0.2) is 28.0 Å². The lowest BCUT2D eigenvalue weighted by Gasteiger charge is -2.36. The summed E-state index contributed by atoms with van der Waals surface area (Å²) in [4.78, 5) is 0. The minimum absolute atomic E-state index is 0.0109. The second-order valence-corrected chi connectivity index (χ2v) is 5.78. The molecule has 1 aromatic heterocycles. The second-order valence-electron chi connectivity index (χ2n) is 5.78. The quantitative estimate of drug-likeness (QED) is 0.890. The number of aryl methyl sites for hydroxylation is 2. The van der Waals surface area contributed by atoms with E-state index in [9.17, 15) is 0 Å². The number of nitrogens with zero attached hydrogens (tertiary/aromatic N) is 2. The first-order chi connectivity index (χ1) is 8.50. The third kappa shape index (κ3) is 3.33. The van der Waals surface area contributed by atoms with Crippen molar-refractivity contribution in [2.24, 2.45) is 7.05 Å². The Labute approximate surface area is 110 Å². The minimum atomic E-state index is 0.0109. The summed E-state index contributed by atoms with van der Waals surface area (Å²) in [5.74, 6) is 0. The number of rotatable bonds is 4. The maximum Gasteiger partial charge on any atom is 0.0641 e. The monoisotopic (exact) mass is 251 g/mol. The number of ether oxygens (including phenoxy) is 1. The first kappa shape index (κ1) is 13.6. The predicted molar refractivity (Wildman–Crippen MR) is 72.5 cm³/mol. The summed E-state index contributed by atoms with van der Waals surface area (Å²) in [7, 11) is 2.02. The molecule has 1 unspecified atom stereocenters. The second kappa shape index (κ2) is 5.41. The molecular formula is C14H25N3O. The molecule has 1 fully saturated rings. The van der Waals surface area contributed by atoms with E-state index >= 15 is 0 Å². The molecule has 1 aromatic rings. The van der Waals surface area contributed by atoms with Crippen molar-refractivity contribution in [1.29, 1.82) is 0 Å². The first-order valence-corrected chi connectivity index (χ1v) is 6.89. The van der Waals surface area contributed by atoms with Gasteiger partial charge in [0.2, 0.25) is 0 Å². The molecule has 1 N–H and O–H groups in total. The lowest BCUT2D eigenvalue weighted by Crippen LogP contribution is -2.43. The molecule has 0 aromatic carbocycles. The molecule has 0 radical (unpaired) electrons. The van der Waals surface area contributed by atoms with E-state index in [4.69, 9.17) is 4.74 Å². The molecule has 1 saturated heterocycles. The highest BCUT2D eigenvalue weighted by molar-refractivity contribution is 5.10. The fourth-order valence-electron chi connectivity index (χ4n) is 2.56. The van der Waals surface area contributed by atoms with Crippen LogP contribution in [0.4, 0.5) is 0 Å². The first-order valence-electron chi connectivity index (χ1n) is 6.89. The Morgan fingerprint density at radius 1 is 1.56 bits per heavy atom. The Morgan fingerprint density at radius 2 is 2.33 bits per heavy atom. The highest BCUT2D eigenvalue weighted by Crippen LogP contribution is 2.24. The Bertz CT molecular complexity index is 398. The zero-order chi connectivity index (χ0) is 13.2. The van der Waals surface area contributed by atoms with Gasteiger partial charge in [-0.15, -0.1) is 0 Å². The summed E-state index contributed by atoms with van der Waals surface area (Å²) in [6.07, 6.45) is 3.17. The van der Waals surface area contributed by atoms with E-state index in [1.807, 2.05) is 11.7 Å². The van der Waals surface area contributed by atoms with Gasteiger partial charge in [0.1, 0.15) is 0 Å². The molecule has 0 saturated carbocycles. The lowest BCUT2D eigenvalue weighted by molar-refractivity contribution is -0.0631. The molecule has 1 aliphatic heterocycles. The molecule has 0 amide bonds. The van der Waals surface area contributed by atoms with Gasteiger partial charge in [-0.2, -0.15) is 5.10 Å². The van der Waals surface area contributed by atoms with Gasteiger partial charge in [-0.1, -0.05) is 6.92 Å². The summed E-state index contributed by atoms with van der Waals surface area (Å²) in [6, 6.07) is 2.74. The number of hydrogen-bond donors (Lipinski definition) is 1. The van der Waals surface area contributed by atoms with E-state index in [0.29, 0.717) is 6.04 Å². The topological polar surface area (TPSA) is 39.1 Å². The number of aromatic nitrogens is 2. The summed E-state index contributed by atoms with van der Waals surface area (Å²) >= 11 is 0. The molecule has 4 nitrogen and oxygen atoms in total. The van der Waals surface area contributed by atoms with Gasteiger partial charge in [0.05, 0.1) is 17.0 Å². The highest BCUT2D eigenvalue weighted by Gasteiger charge is 2.28. The van der Waals surface area contributed by atoms with Crippen molar-refractivity contribution in [2.75, 3.05) is 6.61 Å². The minimum Gasteiger partial charge on any atom is -0.375 e. The van der Waals surface area contributed by atoms with Gasteiger partial charge < -0.3 is 10.1 Å². The maximum atomic E-state index is 5.74. The van der Waals surface area contributed by atoms with Gasteiger partial charge in [0.25, 0.3) is 0 Å². The number of nitrogens with one attached hydrogen (secondary N) is 1. The van der Waals surface area contributed by atoms with E-state index in [1.165, 1.54) is 11.4 Å². The van der Waals surface area contributed by atoms with Crippen LogP contribution in [0.15, 0.2) is 6.07 Å². The van der Waals surface area contributed by atoms with Gasteiger partial charge in [-0.05, 0) is 39.2 Å². The van der Waals surface area contributed by atoms with E-state index in [0.717, 1.165) is 32.4 Å². The van der Waals surface area contributed by atoms with E-state index in [-0.39, 0.29) is 5.60 Å². The summed E-state index contributed by atoms with van der Waals surface area (Å²) in [6.45, 7) is 8.22. The van der Waals surface area contributed by atoms with Gasteiger partial charge in [-0.25, -0.2) is 0 Å². The van der Waals surface area contributed by atoms with E-state index < -0.39 is 0 Å². The molecule has 102 valence electrons. The molecule has 1 aliphatic rings. The van der Waals surface area contributed by atoms with Crippen LogP contribution in [0.25, 0.3) is 0 Å². The van der Waals surface area contributed by atoms with Crippen LogP contribution in [0.5, 0.6) is 0 Å². The van der Waals surface area contributed by atoms with Gasteiger partial charge in [0.15, 0.2) is 0 Å². The van der Waals surface area contributed by atoms with Gasteiger partial charge in [0, 0.05) is 26.2 Å². The standard InChI is InChI=1S/C14H25N3O/c1-5-11-8-13(17(4)16-11)10-15-12-6-7-18-14(2,3)9-12/h8,12,15H,5-7,9-10H2,1-4H3. The van der Waals surface area contributed by atoms with Crippen LogP contribution in [0.2, 0.25) is 0 Å². The van der Waals surface area contributed by atoms with Crippen molar-refractivity contribution >= 4 is 0 Å². The third-order valence-electron chi connectivity index (χ3n) is 3.66. The molecule has 2 rings (SSSR count). The molecule has 0 spiro atoms. The van der Waals surface area contributed by atoms with Crippen molar-refractivity contribution < 1.29 is 4.74 Å². The van der Waals surface area contributed by atoms with E-state index in [1.54, 1.807) is 0 Å². The average Bonchev–Trinajstić information content (AvgIpc) is 2.66. The van der Waals surface area contributed by atoms with E-state index in [2.05, 4.69) is 37.3 Å². The summed E-state index contributed by atoms with van der Waals surface area (Å²) in [5, 5.41) is 8.10. The smallest absolute Gasteiger partial charge is 0.0641 e.